The second kappa shape index (κ2) is 7.37. The third-order valence-electron chi connectivity index (χ3n) is 3.81. The molecule has 1 N–H and O–H groups in total. The summed E-state index contributed by atoms with van der Waals surface area (Å²) in [5.74, 6) is -0.310. The molecule has 0 aliphatic carbocycles. The minimum absolute atomic E-state index is 0.142. The van der Waals surface area contributed by atoms with Crippen LogP contribution in [0.1, 0.15) is 10.4 Å². The summed E-state index contributed by atoms with van der Waals surface area (Å²) >= 11 is 0. The molecule has 0 unspecified atom stereocenters. The van der Waals surface area contributed by atoms with Gasteiger partial charge in [-0.3, -0.25) is 14.1 Å². The molecular weight excluding hydrogens is 350 g/mol. The Bertz CT molecular complexity index is 989. The number of pyridine rings is 1. The van der Waals surface area contributed by atoms with E-state index in [4.69, 9.17) is 0 Å². The van der Waals surface area contributed by atoms with E-state index in [-0.39, 0.29) is 10.8 Å². The zero-order valence-electron chi connectivity index (χ0n) is 14.0. The lowest BCUT2D eigenvalue weighted by atomic mass is 10.2. The Morgan fingerprint density at radius 3 is 2.27 bits per heavy atom. The Labute approximate surface area is 152 Å². The van der Waals surface area contributed by atoms with Gasteiger partial charge in [-0.25, -0.2) is 8.42 Å². The van der Waals surface area contributed by atoms with Gasteiger partial charge in [-0.15, -0.1) is 0 Å². The first-order chi connectivity index (χ1) is 12.5. The molecule has 2 aromatic carbocycles. The molecule has 7 heteroatoms. The molecule has 0 atom stereocenters. The number of carbonyl (C=O) groups is 1. The van der Waals surface area contributed by atoms with Crippen molar-refractivity contribution in [3.63, 3.8) is 0 Å². The molecular formula is C19H17N3O3S. The molecule has 0 fully saturated rings. The predicted molar refractivity (Wildman–Crippen MR) is 101 cm³/mol. The fourth-order valence-corrected chi connectivity index (χ4v) is 3.54. The number of anilines is 2. The molecule has 1 heterocycles. The van der Waals surface area contributed by atoms with Crippen molar-refractivity contribution >= 4 is 27.3 Å². The highest BCUT2D eigenvalue weighted by molar-refractivity contribution is 7.92. The quantitative estimate of drug-likeness (QED) is 0.751. The number of sulfonamides is 1. The van der Waals surface area contributed by atoms with Crippen molar-refractivity contribution < 1.29 is 13.2 Å². The standard InChI is InChI=1S/C19H17N3O3S/c1-22(17-7-3-2-4-8-17)26(24,25)18-11-9-16(10-12-18)21-19(23)15-6-5-13-20-14-15/h2-14H,1H3,(H,21,23). The van der Waals surface area contributed by atoms with Crippen LogP contribution in [0.3, 0.4) is 0 Å². The zero-order chi connectivity index (χ0) is 18.6. The van der Waals surface area contributed by atoms with Crippen molar-refractivity contribution in [1.29, 1.82) is 0 Å². The van der Waals surface area contributed by atoms with Crippen LogP contribution in [-0.2, 0) is 10.0 Å². The van der Waals surface area contributed by atoms with Crippen molar-refractivity contribution in [2.24, 2.45) is 0 Å². The first-order valence-electron chi connectivity index (χ1n) is 7.84. The average molecular weight is 367 g/mol. The maximum atomic E-state index is 12.7. The molecule has 0 radical (unpaired) electrons. The minimum Gasteiger partial charge on any atom is -0.322 e. The van der Waals surface area contributed by atoms with Crippen molar-refractivity contribution in [3.8, 4) is 0 Å². The number of hydrogen-bond acceptors (Lipinski definition) is 4. The molecule has 0 bridgehead atoms. The second-order valence-corrected chi connectivity index (χ2v) is 7.50. The molecule has 6 nitrogen and oxygen atoms in total. The van der Waals surface area contributed by atoms with Gasteiger partial charge in [0.05, 0.1) is 16.1 Å². The molecule has 26 heavy (non-hydrogen) atoms. The molecule has 1 aromatic heterocycles. The van der Waals surface area contributed by atoms with Crippen LogP contribution in [0.4, 0.5) is 11.4 Å². The lowest BCUT2D eigenvalue weighted by molar-refractivity contribution is 0.102. The van der Waals surface area contributed by atoms with Crippen LogP contribution in [0.2, 0.25) is 0 Å². The number of carbonyl (C=O) groups excluding carboxylic acids is 1. The van der Waals surface area contributed by atoms with Gasteiger partial charge in [0.1, 0.15) is 0 Å². The van der Waals surface area contributed by atoms with Gasteiger partial charge in [-0.1, -0.05) is 18.2 Å². The van der Waals surface area contributed by atoms with Crippen molar-refractivity contribution in [2.45, 2.75) is 4.90 Å². The molecule has 0 aliphatic heterocycles. The maximum Gasteiger partial charge on any atom is 0.264 e. The van der Waals surface area contributed by atoms with Crippen LogP contribution < -0.4 is 9.62 Å². The third-order valence-corrected chi connectivity index (χ3v) is 5.61. The Kier molecular flexibility index (Phi) is 4.99. The van der Waals surface area contributed by atoms with Crippen LogP contribution in [-0.4, -0.2) is 26.4 Å². The van der Waals surface area contributed by atoms with Crippen LogP contribution in [0.25, 0.3) is 0 Å². The maximum absolute atomic E-state index is 12.7. The van der Waals surface area contributed by atoms with Gasteiger partial charge in [0.15, 0.2) is 0 Å². The number of benzene rings is 2. The monoisotopic (exact) mass is 367 g/mol. The van der Waals surface area contributed by atoms with Gasteiger partial charge in [-0.2, -0.15) is 0 Å². The molecule has 3 rings (SSSR count). The molecule has 1 amide bonds. The van der Waals surface area contributed by atoms with Crippen LogP contribution in [0.5, 0.6) is 0 Å². The number of aromatic nitrogens is 1. The second-order valence-electron chi connectivity index (χ2n) is 5.53. The van der Waals surface area contributed by atoms with Gasteiger partial charge in [0, 0.05) is 25.1 Å². The van der Waals surface area contributed by atoms with Crippen molar-refractivity contribution in [2.75, 3.05) is 16.7 Å². The van der Waals surface area contributed by atoms with E-state index in [1.165, 1.54) is 29.7 Å². The first-order valence-corrected chi connectivity index (χ1v) is 9.28. The van der Waals surface area contributed by atoms with Gasteiger partial charge in [0.25, 0.3) is 15.9 Å². The number of nitrogens with zero attached hydrogens (tertiary/aromatic N) is 2. The average Bonchev–Trinajstić information content (AvgIpc) is 2.69. The molecule has 132 valence electrons. The summed E-state index contributed by atoms with van der Waals surface area (Å²) in [5.41, 5.74) is 1.50. The molecule has 0 aliphatic rings. The van der Waals surface area contributed by atoms with Crippen molar-refractivity contribution in [3.05, 3.63) is 84.7 Å². The lowest BCUT2D eigenvalue weighted by Crippen LogP contribution is -2.26. The third kappa shape index (κ3) is 3.73. The fourth-order valence-electron chi connectivity index (χ4n) is 2.35. The van der Waals surface area contributed by atoms with Crippen LogP contribution in [0, 0.1) is 0 Å². The summed E-state index contributed by atoms with van der Waals surface area (Å²) in [6.07, 6.45) is 3.04. The molecule has 0 saturated heterocycles. The SMILES string of the molecule is CN(c1ccccc1)S(=O)(=O)c1ccc(NC(=O)c2cccnc2)cc1. The minimum atomic E-state index is -3.68. The van der Waals surface area contributed by atoms with E-state index in [9.17, 15) is 13.2 Å². The Morgan fingerprint density at radius 1 is 0.962 bits per heavy atom. The fraction of sp³-hybridized carbons (Fsp3) is 0.0526. The highest BCUT2D eigenvalue weighted by atomic mass is 32.2. The normalized spacial score (nSPS) is 11.0. The highest BCUT2D eigenvalue weighted by Gasteiger charge is 2.21. The Morgan fingerprint density at radius 2 is 1.65 bits per heavy atom. The van der Waals surface area contributed by atoms with Gasteiger partial charge in [-0.05, 0) is 48.5 Å². The smallest absolute Gasteiger partial charge is 0.264 e. The number of hydrogen-bond donors (Lipinski definition) is 1. The Balaban J connectivity index is 1.78. The summed E-state index contributed by atoms with van der Waals surface area (Å²) < 4.78 is 26.7. The van der Waals surface area contributed by atoms with E-state index < -0.39 is 10.0 Å². The number of nitrogens with one attached hydrogen (secondary N) is 1. The summed E-state index contributed by atoms with van der Waals surface area (Å²) in [6.45, 7) is 0. The molecule has 0 spiro atoms. The van der Waals surface area contributed by atoms with Crippen molar-refractivity contribution in [1.82, 2.24) is 4.98 Å². The number of rotatable bonds is 5. The Hall–Kier alpha value is -3.19. The van der Waals surface area contributed by atoms with E-state index in [0.29, 0.717) is 16.9 Å². The van der Waals surface area contributed by atoms with E-state index >= 15 is 0 Å². The molecule has 3 aromatic rings. The van der Waals surface area contributed by atoms with Gasteiger partial charge >= 0.3 is 0 Å². The summed E-state index contributed by atoms with van der Waals surface area (Å²) in [4.78, 5) is 16.1. The predicted octanol–water partition coefficient (Wildman–Crippen LogP) is 3.16. The molecule has 0 saturated carbocycles. The lowest BCUT2D eigenvalue weighted by Gasteiger charge is -2.19. The summed E-state index contributed by atoms with van der Waals surface area (Å²) in [6, 6.07) is 18.2. The number of amides is 1. The topological polar surface area (TPSA) is 79.4 Å². The van der Waals surface area contributed by atoms with Gasteiger partial charge < -0.3 is 5.32 Å². The summed E-state index contributed by atoms with van der Waals surface area (Å²) in [5, 5.41) is 2.71. The first kappa shape index (κ1) is 17.6. The number of para-hydroxylation sites is 1. The van der Waals surface area contributed by atoms with Crippen LogP contribution >= 0.6 is 0 Å². The van der Waals surface area contributed by atoms with E-state index in [1.54, 1.807) is 54.7 Å². The van der Waals surface area contributed by atoms with E-state index in [0.717, 1.165) is 0 Å². The van der Waals surface area contributed by atoms with E-state index in [1.807, 2.05) is 6.07 Å². The largest absolute Gasteiger partial charge is 0.322 e. The zero-order valence-corrected chi connectivity index (χ0v) is 14.8. The van der Waals surface area contributed by atoms with Crippen LogP contribution in [0.15, 0.2) is 84.0 Å². The van der Waals surface area contributed by atoms with Gasteiger partial charge in [0.2, 0.25) is 0 Å². The van der Waals surface area contributed by atoms with E-state index in [2.05, 4.69) is 10.3 Å². The highest BCUT2D eigenvalue weighted by Crippen LogP contribution is 2.23. The summed E-state index contributed by atoms with van der Waals surface area (Å²) in [7, 11) is -2.18.